The second-order valence-electron chi connectivity index (χ2n) is 5.56. The summed E-state index contributed by atoms with van der Waals surface area (Å²) in [5, 5.41) is 3.45. The maximum atomic E-state index is 3.45. The fraction of sp³-hybridized carbons (Fsp3) is 1.00. The van der Waals surface area contributed by atoms with Crippen molar-refractivity contribution in [3.05, 3.63) is 0 Å². The molecule has 2 heteroatoms. The number of unbranched alkanes of at least 4 members (excludes halogenated alkanes) is 7. The van der Waals surface area contributed by atoms with Crippen LogP contribution in [-0.2, 0) is 0 Å². The lowest BCUT2D eigenvalue weighted by Gasteiger charge is -2.33. The molecule has 1 heterocycles. The Morgan fingerprint density at radius 2 is 1.65 bits per heavy atom. The van der Waals surface area contributed by atoms with Crippen LogP contribution in [0.2, 0.25) is 0 Å². The van der Waals surface area contributed by atoms with Crippen LogP contribution in [0.1, 0.15) is 65.2 Å². The zero-order valence-corrected chi connectivity index (χ0v) is 12.0. The van der Waals surface area contributed by atoms with Crippen molar-refractivity contribution in [2.24, 2.45) is 0 Å². The third kappa shape index (κ3) is 7.05. The summed E-state index contributed by atoms with van der Waals surface area (Å²) in [5.41, 5.74) is 0. The fourth-order valence-electron chi connectivity index (χ4n) is 2.66. The lowest BCUT2D eigenvalue weighted by atomic mass is 10.1. The van der Waals surface area contributed by atoms with Gasteiger partial charge in [-0.1, -0.05) is 51.9 Å². The zero-order chi connectivity index (χ0) is 12.3. The molecular weight excluding hydrogens is 208 g/mol. The van der Waals surface area contributed by atoms with E-state index in [2.05, 4.69) is 24.1 Å². The first kappa shape index (κ1) is 15.0. The minimum absolute atomic E-state index is 0.744. The van der Waals surface area contributed by atoms with Crippen LogP contribution in [0.15, 0.2) is 0 Å². The lowest BCUT2D eigenvalue weighted by molar-refractivity contribution is 0.170. The topological polar surface area (TPSA) is 15.3 Å². The summed E-state index contributed by atoms with van der Waals surface area (Å²) in [4.78, 5) is 2.65. The first-order valence-electron chi connectivity index (χ1n) is 7.79. The number of nitrogens with one attached hydrogen (secondary N) is 1. The summed E-state index contributed by atoms with van der Waals surface area (Å²) in [6.45, 7) is 9.55. The highest BCUT2D eigenvalue weighted by atomic mass is 15.2. The lowest BCUT2D eigenvalue weighted by Crippen LogP contribution is -2.49. The Hall–Kier alpha value is -0.0800. The van der Waals surface area contributed by atoms with Crippen LogP contribution in [0.25, 0.3) is 0 Å². The Bertz CT molecular complexity index is 170. The highest BCUT2D eigenvalue weighted by Crippen LogP contribution is 2.10. The summed E-state index contributed by atoms with van der Waals surface area (Å²) in [6, 6.07) is 0.744. The molecule has 0 saturated carbocycles. The number of rotatable bonds is 9. The van der Waals surface area contributed by atoms with Gasteiger partial charge in [-0.25, -0.2) is 0 Å². The molecule has 2 nitrogen and oxygen atoms in total. The minimum Gasteiger partial charge on any atom is -0.314 e. The monoisotopic (exact) mass is 240 g/mol. The molecule has 0 spiro atoms. The molecule has 0 aliphatic carbocycles. The number of piperazine rings is 1. The number of hydrogen-bond donors (Lipinski definition) is 1. The fourth-order valence-corrected chi connectivity index (χ4v) is 2.66. The Morgan fingerprint density at radius 1 is 1.00 bits per heavy atom. The van der Waals surface area contributed by atoms with Crippen LogP contribution in [0.3, 0.4) is 0 Å². The van der Waals surface area contributed by atoms with Crippen molar-refractivity contribution in [2.45, 2.75) is 71.3 Å². The van der Waals surface area contributed by atoms with Gasteiger partial charge in [0.15, 0.2) is 0 Å². The van der Waals surface area contributed by atoms with E-state index in [1.54, 1.807) is 0 Å². The molecule has 1 aliphatic heterocycles. The van der Waals surface area contributed by atoms with Gasteiger partial charge in [0.25, 0.3) is 0 Å². The Morgan fingerprint density at radius 3 is 2.29 bits per heavy atom. The van der Waals surface area contributed by atoms with Gasteiger partial charge in [-0.05, 0) is 19.9 Å². The second-order valence-corrected chi connectivity index (χ2v) is 5.56. The molecule has 0 aromatic carbocycles. The molecule has 1 fully saturated rings. The minimum atomic E-state index is 0.744. The SMILES string of the molecule is CCCCCCCCCCN1CCNCC1C. The van der Waals surface area contributed by atoms with E-state index in [0.29, 0.717) is 0 Å². The zero-order valence-electron chi connectivity index (χ0n) is 12.0. The van der Waals surface area contributed by atoms with Gasteiger partial charge in [0.1, 0.15) is 0 Å². The van der Waals surface area contributed by atoms with Gasteiger partial charge in [0, 0.05) is 25.7 Å². The normalized spacial score (nSPS) is 21.9. The summed E-state index contributed by atoms with van der Waals surface area (Å²) in [6.07, 6.45) is 11.4. The average molecular weight is 240 g/mol. The number of hydrogen-bond acceptors (Lipinski definition) is 2. The van der Waals surface area contributed by atoms with E-state index >= 15 is 0 Å². The third-order valence-corrected chi connectivity index (χ3v) is 3.94. The van der Waals surface area contributed by atoms with Gasteiger partial charge in [-0.2, -0.15) is 0 Å². The average Bonchev–Trinajstić information content (AvgIpc) is 2.35. The molecule has 0 amide bonds. The molecule has 17 heavy (non-hydrogen) atoms. The van der Waals surface area contributed by atoms with Gasteiger partial charge < -0.3 is 5.32 Å². The van der Waals surface area contributed by atoms with Crippen LogP contribution in [-0.4, -0.2) is 37.1 Å². The molecule has 0 aromatic rings. The molecule has 0 bridgehead atoms. The number of nitrogens with zero attached hydrogens (tertiary/aromatic N) is 1. The van der Waals surface area contributed by atoms with E-state index in [0.717, 1.165) is 6.04 Å². The third-order valence-electron chi connectivity index (χ3n) is 3.94. The highest BCUT2D eigenvalue weighted by Gasteiger charge is 2.16. The Labute approximate surface area is 108 Å². The molecule has 1 unspecified atom stereocenters. The van der Waals surface area contributed by atoms with Crippen LogP contribution in [0.5, 0.6) is 0 Å². The molecule has 102 valence electrons. The van der Waals surface area contributed by atoms with Gasteiger partial charge in [0.05, 0.1) is 0 Å². The van der Waals surface area contributed by atoms with Crippen molar-refractivity contribution >= 4 is 0 Å². The maximum absolute atomic E-state index is 3.45. The van der Waals surface area contributed by atoms with Crippen LogP contribution in [0.4, 0.5) is 0 Å². The standard InChI is InChI=1S/C15H32N2/c1-3-4-5-6-7-8-9-10-12-17-13-11-16-14-15(17)2/h15-16H,3-14H2,1-2H3. The van der Waals surface area contributed by atoms with Crippen LogP contribution < -0.4 is 5.32 Å². The van der Waals surface area contributed by atoms with E-state index in [-0.39, 0.29) is 0 Å². The van der Waals surface area contributed by atoms with Crippen LogP contribution >= 0.6 is 0 Å². The highest BCUT2D eigenvalue weighted by molar-refractivity contribution is 4.75. The Kier molecular flexibility index (Phi) is 8.72. The first-order valence-corrected chi connectivity index (χ1v) is 7.79. The van der Waals surface area contributed by atoms with Crippen molar-refractivity contribution in [3.63, 3.8) is 0 Å². The van der Waals surface area contributed by atoms with E-state index in [1.807, 2.05) is 0 Å². The molecule has 0 radical (unpaired) electrons. The smallest absolute Gasteiger partial charge is 0.0192 e. The van der Waals surface area contributed by atoms with Crippen molar-refractivity contribution in [2.75, 3.05) is 26.2 Å². The van der Waals surface area contributed by atoms with Crippen molar-refractivity contribution in [1.29, 1.82) is 0 Å². The quantitative estimate of drug-likeness (QED) is 0.621. The molecule has 1 saturated heterocycles. The molecule has 1 N–H and O–H groups in total. The molecular formula is C15H32N2. The van der Waals surface area contributed by atoms with Gasteiger partial charge >= 0.3 is 0 Å². The predicted molar refractivity (Wildman–Crippen MR) is 76.5 cm³/mol. The van der Waals surface area contributed by atoms with Crippen molar-refractivity contribution in [1.82, 2.24) is 10.2 Å². The van der Waals surface area contributed by atoms with E-state index in [9.17, 15) is 0 Å². The maximum Gasteiger partial charge on any atom is 0.0192 e. The van der Waals surface area contributed by atoms with E-state index < -0.39 is 0 Å². The van der Waals surface area contributed by atoms with Gasteiger partial charge in [0.2, 0.25) is 0 Å². The van der Waals surface area contributed by atoms with E-state index in [4.69, 9.17) is 0 Å². The van der Waals surface area contributed by atoms with Gasteiger partial charge in [-0.3, -0.25) is 4.90 Å². The largest absolute Gasteiger partial charge is 0.314 e. The Balaban J connectivity index is 1.86. The second kappa shape index (κ2) is 9.90. The van der Waals surface area contributed by atoms with E-state index in [1.165, 1.54) is 77.5 Å². The first-order chi connectivity index (χ1) is 8.34. The summed E-state index contributed by atoms with van der Waals surface area (Å²) >= 11 is 0. The molecule has 0 aromatic heterocycles. The molecule has 1 atom stereocenters. The molecule has 1 aliphatic rings. The molecule has 1 rings (SSSR count). The van der Waals surface area contributed by atoms with Crippen molar-refractivity contribution in [3.8, 4) is 0 Å². The van der Waals surface area contributed by atoms with Crippen molar-refractivity contribution < 1.29 is 0 Å². The summed E-state index contributed by atoms with van der Waals surface area (Å²) in [7, 11) is 0. The summed E-state index contributed by atoms with van der Waals surface area (Å²) in [5.74, 6) is 0. The summed E-state index contributed by atoms with van der Waals surface area (Å²) < 4.78 is 0. The van der Waals surface area contributed by atoms with Crippen LogP contribution in [0, 0.1) is 0 Å². The van der Waals surface area contributed by atoms with Gasteiger partial charge in [-0.15, -0.1) is 0 Å². The predicted octanol–water partition coefficient (Wildman–Crippen LogP) is 3.42.